The van der Waals surface area contributed by atoms with Gasteiger partial charge in [0.25, 0.3) is 0 Å². The molecule has 2 fully saturated rings. The van der Waals surface area contributed by atoms with E-state index in [4.69, 9.17) is 0 Å². The second kappa shape index (κ2) is 5.20. The van der Waals surface area contributed by atoms with Crippen molar-refractivity contribution in [2.75, 3.05) is 0 Å². The molecule has 1 aromatic carbocycles. The third-order valence-corrected chi connectivity index (χ3v) is 6.77. The molecule has 0 N–H and O–H groups in total. The molecule has 0 saturated carbocycles. The Morgan fingerprint density at radius 3 is 2.47 bits per heavy atom. The maximum Gasteiger partial charge on any atom is 0.166 e. The first-order valence-corrected chi connectivity index (χ1v) is 8.49. The predicted octanol–water partition coefficient (Wildman–Crippen LogP) is 3.12. The summed E-state index contributed by atoms with van der Waals surface area (Å²) < 4.78 is 12.0. The van der Waals surface area contributed by atoms with E-state index in [1.54, 1.807) is 0 Å². The largest absolute Gasteiger partial charge is 0.294 e. The number of rotatable bonds is 3. The van der Waals surface area contributed by atoms with Gasteiger partial charge in [-0.2, -0.15) is 0 Å². The Bertz CT molecular complexity index is 507. The van der Waals surface area contributed by atoms with Gasteiger partial charge in [0, 0.05) is 32.8 Å². The van der Waals surface area contributed by atoms with Crippen molar-refractivity contribution in [3.8, 4) is 0 Å². The molecule has 0 aliphatic carbocycles. The summed E-state index contributed by atoms with van der Waals surface area (Å²) in [5, 5.41) is 0.558. The van der Waals surface area contributed by atoms with Crippen LogP contribution < -0.4 is 0 Å². The minimum atomic E-state index is -0.672. The zero-order valence-electron chi connectivity index (χ0n) is 11.3. The zero-order chi connectivity index (χ0) is 13.4. The van der Waals surface area contributed by atoms with Gasteiger partial charge in [-0.25, -0.2) is 0 Å². The first kappa shape index (κ1) is 13.0. The van der Waals surface area contributed by atoms with E-state index >= 15 is 0 Å². The van der Waals surface area contributed by atoms with E-state index < -0.39 is 10.8 Å². The van der Waals surface area contributed by atoms with Crippen molar-refractivity contribution in [3.63, 3.8) is 0 Å². The maximum atomic E-state index is 12.7. The van der Waals surface area contributed by atoms with Crippen molar-refractivity contribution in [1.82, 2.24) is 0 Å². The summed E-state index contributed by atoms with van der Waals surface area (Å²) in [4.78, 5) is 12.7. The van der Waals surface area contributed by atoms with Gasteiger partial charge < -0.3 is 0 Å². The van der Waals surface area contributed by atoms with Gasteiger partial charge >= 0.3 is 0 Å². The van der Waals surface area contributed by atoms with E-state index in [9.17, 15) is 9.00 Å². The van der Waals surface area contributed by atoms with Crippen molar-refractivity contribution in [2.45, 2.75) is 49.5 Å². The van der Waals surface area contributed by atoms with Gasteiger partial charge in [0.15, 0.2) is 5.78 Å². The van der Waals surface area contributed by atoms with E-state index in [0.717, 1.165) is 43.2 Å². The lowest BCUT2D eigenvalue weighted by atomic mass is 9.88. The van der Waals surface area contributed by atoms with Gasteiger partial charge in [0.1, 0.15) is 0 Å². The molecule has 19 heavy (non-hydrogen) atoms. The molecule has 0 spiro atoms. The van der Waals surface area contributed by atoms with Crippen LogP contribution in [0, 0.1) is 5.92 Å². The summed E-state index contributed by atoms with van der Waals surface area (Å²) in [5.41, 5.74) is 2.04. The molecule has 2 saturated heterocycles. The van der Waals surface area contributed by atoms with Crippen LogP contribution in [0.2, 0.25) is 0 Å². The fraction of sp³-hybridized carbons (Fsp3) is 0.562. The van der Waals surface area contributed by atoms with Crippen LogP contribution in [0.1, 0.15) is 48.5 Å². The lowest BCUT2D eigenvalue weighted by Crippen LogP contribution is -2.32. The van der Waals surface area contributed by atoms with Gasteiger partial charge in [0.2, 0.25) is 0 Å². The van der Waals surface area contributed by atoms with Gasteiger partial charge in [-0.3, -0.25) is 9.00 Å². The second-order valence-corrected chi connectivity index (χ2v) is 7.68. The molecule has 0 aromatic heterocycles. The molecule has 102 valence electrons. The molecule has 2 unspecified atom stereocenters. The number of ketones is 1. The summed E-state index contributed by atoms with van der Waals surface area (Å²) in [5.74, 6) is 0.383. The number of hydrogen-bond acceptors (Lipinski definition) is 2. The minimum Gasteiger partial charge on any atom is -0.294 e. The topological polar surface area (TPSA) is 34.1 Å². The van der Waals surface area contributed by atoms with E-state index in [2.05, 4.69) is 6.92 Å². The van der Waals surface area contributed by atoms with E-state index in [-0.39, 0.29) is 22.2 Å². The van der Waals surface area contributed by atoms with Gasteiger partial charge in [-0.05, 0) is 37.7 Å². The fourth-order valence-corrected chi connectivity index (χ4v) is 5.66. The summed E-state index contributed by atoms with van der Waals surface area (Å²) in [6, 6.07) is 7.94. The maximum absolute atomic E-state index is 12.7. The van der Waals surface area contributed by atoms with Crippen molar-refractivity contribution < 1.29 is 9.00 Å². The van der Waals surface area contributed by atoms with Gasteiger partial charge in [0.05, 0.1) is 0 Å². The average Bonchev–Trinajstić information content (AvgIpc) is 2.68. The molecule has 0 radical (unpaired) electrons. The molecule has 0 amide bonds. The van der Waals surface area contributed by atoms with Gasteiger partial charge in [-0.15, -0.1) is 0 Å². The van der Waals surface area contributed by atoms with Crippen molar-refractivity contribution in [3.05, 3.63) is 35.4 Å². The molecule has 3 heteroatoms. The fourth-order valence-electron chi connectivity index (χ4n) is 3.54. The number of aryl methyl sites for hydroxylation is 1. The Morgan fingerprint density at radius 1 is 1.21 bits per heavy atom. The van der Waals surface area contributed by atoms with Crippen LogP contribution in [0.3, 0.4) is 0 Å². The molecular formula is C16H20O2S. The number of benzene rings is 1. The molecular weight excluding hydrogens is 256 g/mol. The minimum absolute atomic E-state index is 0.0999. The second-order valence-electron chi connectivity index (χ2n) is 5.69. The van der Waals surface area contributed by atoms with Crippen LogP contribution in [0.4, 0.5) is 0 Å². The first-order chi connectivity index (χ1) is 9.20. The Labute approximate surface area is 117 Å². The van der Waals surface area contributed by atoms with Crippen LogP contribution >= 0.6 is 0 Å². The summed E-state index contributed by atoms with van der Waals surface area (Å²) in [7, 11) is -0.672. The van der Waals surface area contributed by atoms with Crippen LogP contribution in [0.25, 0.3) is 0 Å². The van der Waals surface area contributed by atoms with Crippen molar-refractivity contribution in [1.29, 1.82) is 0 Å². The van der Waals surface area contributed by atoms with Crippen molar-refractivity contribution >= 4 is 16.6 Å². The Kier molecular flexibility index (Phi) is 3.57. The summed E-state index contributed by atoms with van der Waals surface area (Å²) >= 11 is 0. The standard InChI is InChI=1S/C16H20O2S/c1-2-11-5-3-4-6-15(11)16(17)12-9-13-7-8-14(10-12)19(13)18/h3-6,12-14H,2,7-10H2,1H3. The van der Waals surface area contributed by atoms with E-state index in [0.29, 0.717) is 0 Å². The summed E-state index contributed by atoms with van der Waals surface area (Å²) in [6.45, 7) is 2.09. The lowest BCUT2D eigenvalue weighted by molar-refractivity contribution is 0.0905. The molecule has 2 aliphatic rings. The van der Waals surface area contributed by atoms with Crippen LogP contribution in [-0.2, 0) is 17.2 Å². The molecule has 2 nitrogen and oxygen atoms in total. The summed E-state index contributed by atoms with van der Waals surface area (Å²) in [6.07, 6.45) is 4.67. The zero-order valence-corrected chi connectivity index (χ0v) is 12.1. The van der Waals surface area contributed by atoms with Crippen LogP contribution in [0.15, 0.2) is 24.3 Å². The van der Waals surface area contributed by atoms with Gasteiger partial charge in [-0.1, -0.05) is 31.2 Å². The Morgan fingerprint density at radius 2 is 1.84 bits per heavy atom. The highest BCUT2D eigenvalue weighted by Crippen LogP contribution is 2.40. The first-order valence-electron chi connectivity index (χ1n) is 7.22. The van der Waals surface area contributed by atoms with Crippen LogP contribution in [-0.4, -0.2) is 20.5 Å². The van der Waals surface area contributed by atoms with E-state index in [1.165, 1.54) is 0 Å². The monoisotopic (exact) mass is 276 g/mol. The number of fused-ring (bicyclic) bond motifs is 2. The smallest absolute Gasteiger partial charge is 0.166 e. The Balaban J connectivity index is 1.83. The molecule has 2 aliphatic heterocycles. The number of carbonyl (C=O) groups is 1. The highest BCUT2D eigenvalue weighted by atomic mass is 32.2. The third-order valence-electron chi connectivity index (χ3n) is 4.60. The lowest BCUT2D eigenvalue weighted by Gasteiger charge is -2.26. The van der Waals surface area contributed by atoms with Crippen LogP contribution in [0.5, 0.6) is 0 Å². The third kappa shape index (κ3) is 2.29. The number of Topliss-reactive ketones (excluding diaryl/α,β-unsaturated/α-hetero) is 1. The molecule has 2 bridgehead atoms. The van der Waals surface area contributed by atoms with E-state index in [1.807, 2.05) is 24.3 Å². The Hall–Kier alpha value is -0.960. The highest BCUT2D eigenvalue weighted by Gasteiger charge is 2.42. The number of carbonyl (C=O) groups excluding carboxylic acids is 1. The number of hydrogen-bond donors (Lipinski definition) is 0. The predicted molar refractivity (Wildman–Crippen MR) is 77.8 cm³/mol. The molecule has 1 aromatic rings. The molecule has 2 atom stereocenters. The van der Waals surface area contributed by atoms with Crippen molar-refractivity contribution in [2.24, 2.45) is 5.92 Å². The quantitative estimate of drug-likeness (QED) is 0.795. The average molecular weight is 276 g/mol. The SMILES string of the molecule is CCc1ccccc1C(=O)C1CC2CCC(C1)S2=O. The molecule has 2 heterocycles. The normalized spacial score (nSPS) is 33.3. The highest BCUT2D eigenvalue weighted by molar-refractivity contribution is 7.86. The molecule has 3 rings (SSSR count).